The molecule has 5 nitrogen and oxygen atoms in total. The van der Waals surface area contributed by atoms with Crippen molar-refractivity contribution in [1.82, 2.24) is 15.4 Å². The fourth-order valence-corrected chi connectivity index (χ4v) is 4.74. The van der Waals surface area contributed by atoms with Crippen LogP contribution in [0.4, 0.5) is 0 Å². The standard InChI is InChI=1S/C24H33N3O2/c28-24(25-21-13-5-2-6-14-21)23-17-22(26-29-23)20-12-8-16-27(18-20)15-7-11-19-9-3-1-4-10-19/h1,3-4,9-10,17,20-21H,2,5-8,11-16,18H2,(H,25,28)/t20-/m0/s1. The highest BCUT2D eigenvalue weighted by Crippen LogP contribution is 2.27. The van der Waals surface area contributed by atoms with Crippen molar-refractivity contribution in [2.75, 3.05) is 19.6 Å². The molecule has 2 aliphatic rings. The molecule has 1 atom stereocenters. The lowest BCUT2D eigenvalue weighted by molar-refractivity contribution is 0.0890. The SMILES string of the molecule is O=C(NC1CCCCC1)c1cc([C@H]2CCCN(CCCc3ccccc3)C2)no1. The third-order valence-corrected chi connectivity index (χ3v) is 6.40. The summed E-state index contributed by atoms with van der Waals surface area (Å²) in [4.78, 5) is 15.0. The normalized spacial score (nSPS) is 21.2. The molecule has 0 bridgehead atoms. The molecule has 1 saturated heterocycles. The van der Waals surface area contributed by atoms with Gasteiger partial charge >= 0.3 is 0 Å². The third kappa shape index (κ3) is 5.69. The van der Waals surface area contributed by atoms with Crippen molar-refractivity contribution in [3.63, 3.8) is 0 Å². The predicted octanol–water partition coefficient (Wildman–Crippen LogP) is 4.55. The number of nitrogens with zero attached hydrogens (tertiary/aromatic N) is 2. The molecule has 1 amide bonds. The van der Waals surface area contributed by atoms with Crippen LogP contribution in [-0.2, 0) is 6.42 Å². The van der Waals surface area contributed by atoms with Gasteiger partial charge in [0.05, 0.1) is 5.69 Å². The summed E-state index contributed by atoms with van der Waals surface area (Å²) in [5, 5.41) is 7.37. The molecule has 1 aliphatic heterocycles. The molecule has 4 rings (SSSR count). The van der Waals surface area contributed by atoms with Crippen LogP contribution < -0.4 is 5.32 Å². The number of aryl methyl sites for hydroxylation is 1. The van der Waals surface area contributed by atoms with E-state index in [1.807, 2.05) is 6.07 Å². The van der Waals surface area contributed by atoms with Crippen LogP contribution in [0.1, 0.15) is 79.1 Å². The monoisotopic (exact) mass is 395 g/mol. The molecule has 1 saturated carbocycles. The molecule has 2 heterocycles. The first-order valence-electron chi connectivity index (χ1n) is 11.3. The zero-order chi connectivity index (χ0) is 19.9. The fourth-order valence-electron chi connectivity index (χ4n) is 4.74. The van der Waals surface area contributed by atoms with E-state index in [1.165, 1.54) is 37.7 Å². The van der Waals surface area contributed by atoms with Crippen molar-refractivity contribution in [2.24, 2.45) is 0 Å². The van der Waals surface area contributed by atoms with Crippen LogP contribution in [0, 0.1) is 0 Å². The van der Waals surface area contributed by atoms with Crippen LogP contribution >= 0.6 is 0 Å². The molecular formula is C24H33N3O2. The number of hydrogen-bond acceptors (Lipinski definition) is 4. The van der Waals surface area contributed by atoms with Crippen LogP contribution in [0.3, 0.4) is 0 Å². The van der Waals surface area contributed by atoms with Crippen LogP contribution in [0.25, 0.3) is 0 Å². The number of amides is 1. The van der Waals surface area contributed by atoms with Gasteiger partial charge in [0.1, 0.15) is 0 Å². The van der Waals surface area contributed by atoms with Gasteiger partial charge in [0, 0.05) is 24.6 Å². The first-order chi connectivity index (χ1) is 14.3. The second-order valence-corrected chi connectivity index (χ2v) is 8.65. The van der Waals surface area contributed by atoms with Gasteiger partial charge in [0.2, 0.25) is 5.76 Å². The highest BCUT2D eigenvalue weighted by atomic mass is 16.5. The Balaban J connectivity index is 1.26. The Morgan fingerprint density at radius 3 is 2.76 bits per heavy atom. The van der Waals surface area contributed by atoms with E-state index in [9.17, 15) is 4.79 Å². The van der Waals surface area contributed by atoms with Crippen molar-refractivity contribution in [1.29, 1.82) is 0 Å². The maximum absolute atomic E-state index is 12.5. The Labute approximate surface area is 173 Å². The maximum Gasteiger partial charge on any atom is 0.290 e. The van der Waals surface area contributed by atoms with Gasteiger partial charge in [-0.05, 0) is 57.2 Å². The van der Waals surface area contributed by atoms with Crippen LogP contribution in [0.15, 0.2) is 40.9 Å². The highest BCUT2D eigenvalue weighted by molar-refractivity contribution is 5.91. The van der Waals surface area contributed by atoms with E-state index in [0.717, 1.165) is 51.0 Å². The molecule has 29 heavy (non-hydrogen) atoms. The van der Waals surface area contributed by atoms with Gasteiger partial charge in [-0.1, -0.05) is 54.8 Å². The van der Waals surface area contributed by atoms with Gasteiger partial charge in [0.25, 0.3) is 5.91 Å². The largest absolute Gasteiger partial charge is 0.351 e. The Morgan fingerprint density at radius 1 is 1.10 bits per heavy atom. The fraction of sp³-hybridized carbons (Fsp3) is 0.583. The van der Waals surface area contributed by atoms with E-state index in [1.54, 1.807) is 0 Å². The quantitative estimate of drug-likeness (QED) is 0.747. The van der Waals surface area contributed by atoms with Crippen LogP contribution in [0.2, 0.25) is 0 Å². The second-order valence-electron chi connectivity index (χ2n) is 8.65. The topological polar surface area (TPSA) is 58.4 Å². The number of carbonyl (C=O) groups is 1. The molecule has 1 aliphatic carbocycles. The predicted molar refractivity (Wildman–Crippen MR) is 114 cm³/mol. The van der Waals surface area contributed by atoms with Crippen molar-refractivity contribution in [2.45, 2.75) is 69.7 Å². The average molecular weight is 396 g/mol. The lowest BCUT2D eigenvalue weighted by Gasteiger charge is -2.31. The van der Waals surface area contributed by atoms with E-state index in [4.69, 9.17) is 4.52 Å². The summed E-state index contributed by atoms with van der Waals surface area (Å²) >= 11 is 0. The van der Waals surface area contributed by atoms with Crippen molar-refractivity contribution in [3.05, 3.63) is 53.4 Å². The number of piperidine rings is 1. The molecular weight excluding hydrogens is 362 g/mol. The first-order valence-corrected chi connectivity index (χ1v) is 11.3. The summed E-state index contributed by atoms with van der Waals surface area (Å²) in [5.74, 6) is 0.624. The Morgan fingerprint density at radius 2 is 1.93 bits per heavy atom. The number of likely N-dealkylation sites (tertiary alicyclic amines) is 1. The molecule has 2 fully saturated rings. The molecule has 0 radical (unpaired) electrons. The van der Waals surface area contributed by atoms with Gasteiger partial charge in [-0.2, -0.15) is 0 Å². The molecule has 5 heteroatoms. The maximum atomic E-state index is 12.5. The Bertz CT molecular complexity index is 767. The number of nitrogens with one attached hydrogen (secondary N) is 1. The minimum atomic E-state index is -0.105. The zero-order valence-electron chi connectivity index (χ0n) is 17.3. The second kappa shape index (κ2) is 10.1. The molecule has 1 aromatic heterocycles. The summed E-state index contributed by atoms with van der Waals surface area (Å²) in [6, 6.07) is 12.9. The van der Waals surface area contributed by atoms with Gasteiger partial charge in [-0.25, -0.2) is 0 Å². The van der Waals surface area contributed by atoms with Crippen molar-refractivity contribution >= 4 is 5.91 Å². The lowest BCUT2D eigenvalue weighted by atomic mass is 9.94. The summed E-state index contributed by atoms with van der Waals surface area (Å²) in [7, 11) is 0. The van der Waals surface area contributed by atoms with E-state index >= 15 is 0 Å². The zero-order valence-corrected chi connectivity index (χ0v) is 17.3. The molecule has 0 spiro atoms. The van der Waals surface area contributed by atoms with E-state index in [0.29, 0.717) is 17.7 Å². The van der Waals surface area contributed by atoms with Gasteiger partial charge in [-0.3, -0.25) is 4.79 Å². The Kier molecular flexibility index (Phi) is 6.99. The van der Waals surface area contributed by atoms with E-state index in [2.05, 4.69) is 45.7 Å². The van der Waals surface area contributed by atoms with E-state index < -0.39 is 0 Å². The summed E-state index contributed by atoms with van der Waals surface area (Å²) in [6.07, 6.45) is 10.4. The lowest BCUT2D eigenvalue weighted by Crippen LogP contribution is -2.36. The molecule has 2 aromatic rings. The summed E-state index contributed by atoms with van der Waals surface area (Å²) < 4.78 is 5.41. The smallest absolute Gasteiger partial charge is 0.290 e. The average Bonchev–Trinajstić information content (AvgIpc) is 3.26. The minimum absolute atomic E-state index is 0.105. The van der Waals surface area contributed by atoms with Crippen LogP contribution in [0.5, 0.6) is 0 Å². The van der Waals surface area contributed by atoms with E-state index in [-0.39, 0.29) is 5.91 Å². The Hall–Kier alpha value is -2.14. The first kappa shape index (κ1) is 20.1. The number of aromatic nitrogens is 1. The minimum Gasteiger partial charge on any atom is -0.351 e. The molecule has 156 valence electrons. The number of rotatable bonds is 7. The van der Waals surface area contributed by atoms with Gasteiger partial charge in [0.15, 0.2) is 0 Å². The highest BCUT2D eigenvalue weighted by Gasteiger charge is 2.26. The molecule has 1 N–H and O–H groups in total. The van der Waals surface area contributed by atoms with Gasteiger partial charge < -0.3 is 14.7 Å². The number of benzene rings is 1. The van der Waals surface area contributed by atoms with Gasteiger partial charge in [-0.15, -0.1) is 0 Å². The summed E-state index contributed by atoms with van der Waals surface area (Å²) in [5.41, 5.74) is 2.35. The molecule has 0 unspecified atom stereocenters. The van der Waals surface area contributed by atoms with Crippen LogP contribution in [-0.4, -0.2) is 41.6 Å². The summed E-state index contributed by atoms with van der Waals surface area (Å²) in [6.45, 7) is 3.27. The number of carbonyl (C=O) groups excluding carboxylic acids is 1. The molecule has 1 aromatic carbocycles. The van der Waals surface area contributed by atoms with Crippen molar-refractivity contribution < 1.29 is 9.32 Å². The van der Waals surface area contributed by atoms with Crippen molar-refractivity contribution in [3.8, 4) is 0 Å². The third-order valence-electron chi connectivity index (χ3n) is 6.40. The number of hydrogen-bond donors (Lipinski definition) is 1.